The first-order valence-corrected chi connectivity index (χ1v) is 8.23. The monoisotopic (exact) mass is 367 g/mol. The van der Waals surface area contributed by atoms with E-state index in [-0.39, 0.29) is 11.7 Å². The van der Waals surface area contributed by atoms with Crippen molar-refractivity contribution in [2.75, 3.05) is 13.1 Å². The average molecular weight is 369 g/mol. The molecule has 1 heterocycles. The molecule has 1 N–H and O–H groups in total. The third kappa shape index (κ3) is 3.31. The van der Waals surface area contributed by atoms with Crippen molar-refractivity contribution in [3.05, 3.63) is 68.9 Å². The zero-order chi connectivity index (χ0) is 14.8. The van der Waals surface area contributed by atoms with Gasteiger partial charge in [-0.2, -0.15) is 0 Å². The van der Waals surface area contributed by atoms with Crippen LogP contribution in [0.2, 0.25) is 5.02 Å². The fraction of sp³-hybridized carbons (Fsp3) is 0.294. The topological polar surface area (TPSA) is 12.0 Å². The Morgan fingerprint density at radius 2 is 2.00 bits per heavy atom. The third-order valence-electron chi connectivity index (χ3n) is 4.12. The van der Waals surface area contributed by atoms with Crippen molar-refractivity contribution in [1.29, 1.82) is 0 Å². The van der Waals surface area contributed by atoms with Gasteiger partial charge >= 0.3 is 0 Å². The molecule has 1 nitrogen and oxygen atoms in total. The van der Waals surface area contributed by atoms with Gasteiger partial charge in [-0.3, -0.25) is 0 Å². The summed E-state index contributed by atoms with van der Waals surface area (Å²) in [6.07, 6.45) is 1.03. The van der Waals surface area contributed by atoms with Crippen molar-refractivity contribution in [2.24, 2.45) is 0 Å². The molecule has 1 fully saturated rings. The highest BCUT2D eigenvalue weighted by Gasteiger charge is 2.29. The Hall–Kier alpha value is -0.900. The van der Waals surface area contributed by atoms with Crippen LogP contribution < -0.4 is 5.32 Å². The summed E-state index contributed by atoms with van der Waals surface area (Å²) in [5.41, 5.74) is 2.30. The maximum Gasteiger partial charge on any atom is 0.123 e. The molecule has 0 spiro atoms. The predicted molar refractivity (Wildman–Crippen MR) is 88.5 cm³/mol. The number of halogens is 3. The minimum absolute atomic E-state index is 0.174. The molecule has 0 radical (unpaired) electrons. The Morgan fingerprint density at radius 1 is 1.14 bits per heavy atom. The summed E-state index contributed by atoms with van der Waals surface area (Å²) in [5.74, 6) is 0.457. The van der Waals surface area contributed by atoms with Crippen molar-refractivity contribution in [3.63, 3.8) is 0 Å². The van der Waals surface area contributed by atoms with E-state index in [9.17, 15) is 4.39 Å². The van der Waals surface area contributed by atoms with Gasteiger partial charge in [0.1, 0.15) is 5.82 Å². The maximum atomic E-state index is 13.5. The van der Waals surface area contributed by atoms with Gasteiger partial charge in [0.2, 0.25) is 0 Å². The Morgan fingerprint density at radius 3 is 2.76 bits per heavy atom. The SMILES string of the molecule is Fc1cccc(C2CNCCC2c2ccc(Cl)cc2Br)c1. The van der Waals surface area contributed by atoms with E-state index in [0.29, 0.717) is 5.92 Å². The second kappa shape index (κ2) is 6.47. The lowest BCUT2D eigenvalue weighted by molar-refractivity contribution is 0.402. The number of rotatable bonds is 2. The summed E-state index contributed by atoms with van der Waals surface area (Å²) >= 11 is 9.66. The highest BCUT2D eigenvalue weighted by atomic mass is 79.9. The molecule has 2 unspecified atom stereocenters. The molecule has 0 aliphatic carbocycles. The molecule has 21 heavy (non-hydrogen) atoms. The van der Waals surface area contributed by atoms with Gasteiger partial charge in [0.05, 0.1) is 0 Å². The van der Waals surface area contributed by atoms with Gasteiger partial charge < -0.3 is 5.32 Å². The van der Waals surface area contributed by atoms with Crippen molar-refractivity contribution < 1.29 is 4.39 Å². The molecule has 2 atom stereocenters. The summed E-state index contributed by atoms with van der Waals surface area (Å²) in [6.45, 7) is 1.84. The molecule has 0 saturated carbocycles. The molecule has 0 amide bonds. The standard InChI is InChI=1S/C17H16BrClFN/c18-17-9-12(19)4-5-15(17)14-6-7-21-10-16(14)11-2-1-3-13(20)8-11/h1-5,8-9,14,16,21H,6-7,10H2. The lowest BCUT2D eigenvalue weighted by Gasteiger charge is -2.33. The number of nitrogens with one attached hydrogen (secondary N) is 1. The summed E-state index contributed by atoms with van der Waals surface area (Å²) in [7, 11) is 0. The normalized spacial score (nSPS) is 22.2. The van der Waals surface area contributed by atoms with Crippen molar-refractivity contribution in [1.82, 2.24) is 5.32 Å². The van der Waals surface area contributed by atoms with Gasteiger partial charge in [0.15, 0.2) is 0 Å². The quantitative estimate of drug-likeness (QED) is 0.777. The molecule has 110 valence electrons. The molecular formula is C17H16BrClFN. The molecule has 1 aliphatic rings. The van der Waals surface area contributed by atoms with Crippen LogP contribution in [-0.2, 0) is 0 Å². The zero-order valence-corrected chi connectivity index (χ0v) is 13.8. The van der Waals surface area contributed by atoms with Crippen LogP contribution in [0.25, 0.3) is 0 Å². The predicted octanol–water partition coefficient (Wildman–Crippen LogP) is 5.10. The van der Waals surface area contributed by atoms with Crippen molar-refractivity contribution in [3.8, 4) is 0 Å². The van der Waals surface area contributed by atoms with E-state index in [1.165, 1.54) is 11.6 Å². The van der Waals surface area contributed by atoms with E-state index in [1.54, 1.807) is 12.1 Å². The molecule has 1 aliphatic heterocycles. The molecular weight excluding hydrogens is 353 g/mol. The van der Waals surface area contributed by atoms with Gasteiger partial charge in [0.25, 0.3) is 0 Å². The summed E-state index contributed by atoms with van der Waals surface area (Å²) in [4.78, 5) is 0. The van der Waals surface area contributed by atoms with Gasteiger partial charge in [-0.15, -0.1) is 0 Å². The van der Waals surface area contributed by atoms with Crippen molar-refractivity contribution >= 4 is 27.5 Å². The van der Waals surface area contributed by atoms with Gasteiger partial charge in [-0.25, -0.2) is 4.39 Å². The molecule has 1 saturated heterocycles. The molecule has 0 bridgehead atoms. The van der Waals surface area contributed by atoms with Crippen LogP contribution in [-0.4, -0.2) is 13.1 Å². The summed E-state index contributed by atoms with van der Waals surface area (Å²) in [6, 6.07) is 12.9. The molecule has 2 aromatic carbocycles. The van der Waals surface area contributed by atoms with Gasteiger partial charge in [0, 0.05) is 22.0 Å². The van der Waals surface area contributed by atoms with E-state index in [4.69, 9.17) is 11.6 Å². The molecule has 3 rings (SSSR count). The van der Waals surface area contributed by atoms with Crippen LogP contribution >= 0.6 is 27.5 Å². The Balaban J connectivity index is 1.98. The first-order valence-electron chi connectivity index (χ1n) is 7.06. The van der Waals surface area contributed by atoms with Gasteiger partial charge in [-0.1, -0.05) is 45.7 Å². The molecule has 2 aromatic rings. The summed E-state index contributed by atoms with van der Waals surface area (Å²) < 4.78 is 14.6. The average Bonchev–Trinajstić information content (AvgIpc) is 2.47. The highest BCUT2D eigenvalue weighted by Crippen LogP contribution is 2.41. The highest BCUT2D eigenvalue weighted by molar-refractivity contribution is 9.10. The Kier molecular flexibility index (Phi) is 4.63. The zero-order valence-electron chi connectivity index (χ0n) is 11.5. The smallest absolute Gasteiger partial charge is 0.123 e. The molecule has 0 aromatic heterocycles. The van der Waals surface area contributed by atoms with E-state index < -0.39 is 0 Å². The lowest BCUT2D eigenvalue weighted by atomic mass is 9.77. The summed E-state index contributed by atoms with van der Waals surface area (Å²) in [5, 5.41) is 4.14. The second-order valence-corrected chi connectivity index (χ2v) is 6.72. The van der Waals surface area contributed by atoms with Gasteiger partial charge in [-0.05, 0) is 54.3 Å². The Labute approximate surface area is 137 Å². The minimum atomic E-state index is -0.174. The first kappa shape index (κ1) is 15.0. The first-order chi connectivity index (χ1) is 10.1. The van der Waals surface area contributed by atoms with Crippen LogP contribution in [0, 0.1) is 5.82 Å². The van der Waals surface area contributed by atoms with E-state index >= 15 is 0 Å². The number of hydrogen-bond acceptors (Lipinski definition) is 1. The Bertz CT molecular complexity index is 646. The minimum Gasteiger partial charge on any atom is -0.316 e. The fourth-order valence-corrected chi connectivity index (χ4v) is 4.10. The number of hydrogen-bond donors (Lipinski definition) is 1. The van der Waals surface area contributed by atoms with Crippen LogP contribution in [0.15, 0.2) is 46.9 Å². The largest absolute Gasteiger partial charge is 0.316 e. The maximum absolute atomic E-state index is 13.5. The van der Waals surface area contributed by atoms with E-state index in [2.05, 4.69) is 27.3 Å². The molecule has 4 heteroatoms. The van der Waals surface area contributed by atoms with E-state index in [1.807, 2.05) is 18.2 Å². The third-order valence-corrected chi connectivity index (χ3v) is 5.04. The number of benzene rings is 2. The van der Waals surface area contributed by atoms with E-state index in [0.717, 1.165) is 34.6 Å². The number of piperidine rings is 1. The van der Waals surface area contributed by atoms with Crippen LogP contribution in [0.3, 0.4) is 0 Å². The van der Waals surface area contributed by atoms with Crippen molar-refractivity contribution in [2.45, 2.75) is 18.3 Å². The van der Waals surface area contributed by atoms with Crippen LogP contribution in [0.5, 0.6) is 0 Å². The van der Waals surface area contributed by atoms with Crippen LogP contribution in [0.4, 0.5) is 4.39 Å². The second-order valence-electron chi connectivity index (χ2n) is 5.43. The fourth-order valence-electron chi connectivity index (χ4n) is 3.12. The van der Waals surface area contributed by atoms with Crippen LogP contribution in [0.1, 0.15) is 29.4 Å². The lowest BCUT2D eigenvalue weighted by Crippen LogP contribution is -2.34.